The minimum absolute atomic E-state index is 0.0601. The molecule has 2 heterocycles. The predicted octanol–water partition coefficient (Wildman–Crippen LogP) is 1.49. The van der Waals surface area contributed by atoms with Gasteiger partial charge < -0.3 is 14.8 Å². The van der Waals surface area contributed by atoms with Crippen LogP contribution in [0.2, 0.25) is 0 Å². The molecule has 0 saturated carbocycles. The number of hydrogen-bond acceptors (Lipinski definition) is 5. The van der Waals surface area contributed by atoms with Crippen LogP contribution in [0.5, 0.6) is 0 Å². The largest absolute Gasteiger partial charge is 0.382 e. The van der Waals surface area contributed by atoms with Gasteiger partial charge in [-0.3, -0.25) is 9.20 Å². The van der Waals surface area contributed by atoms with Crippen LogP contribution in [0.25, 0.3) is 4.96 Å². The molecule has 0 aromatic carbocycles. The summed E-state index contributed by atoms with van der Waals surface area (Å²) in [4.78, 5) is 17.8. The zero-order chi connectivity index (χ0) is 14.4. The molecule has 6 nitrogen and oxygen atoms in total. The van der Waals surface area contributed by atoms with Crippen LogP contribution in [-0.2, 0) is 9.47 Å². The number of nitrogens with zero attached hydrogens (tertiary/aromatic N) is 2. The zero-order valence-electron chi connectivity index (χ0n) is 11.7. The van der Waals surface area contributed by atoms with Crippen molar-refractivity contribution in [3.05, 3.63) is 23.0 Å². The number of aryl methyl sites for hydroxylation is 1. The first-order valence-corrected chi connectivity index (χ1v) is 7.32. The van der Waals surface area contributed by atoms with Crippen LogP contribution in [0.1, 0.15) is 21.8 Å². The minimum Gasteiger partial charge on any atom is -0.382 e. The molecule has 7 heteroatoms. The number of aromatic nitrogens is 2. The highest BCUT2D eigenvalue weighted by atomic mass is 32.1. The molecule has 1 amide bonds. The van der Waals surface area contributed by atoms with Crippen LogP contribution in [0.3, 0.4) is 0 Å². The van der Waals surface area contributed by atoms with Crippen LogP contribution in [0.4, 0.5) is 0 Å². The number of rotatable bonds is 8. The first-order chi connectivity index (χ1) is 9.70. The van der Waals surface area contributed by atoms with Gasteiger partial charge in [-0.15, -0.1) is 0 Å². The van der Waals surface area contributed by atoms with Crippen LogP contribution in [0, 0.1) is 6.92 Å². The van der Waals surface area contributed by atoms with Crippen LogP contribution in [0.15, 0.2) is 12.4 Å². The molecule has 0 spiro atoms. The van der Waals surface area contributed by atoms with Crippen molar-refractivity contribution >= 4 is 22.2 Å². The maximum atomic E-state index is 11.9. The molecule has 0 aliphatic heterocycles. The highest BCUT2D eigenvalue weighted by Crippen LogP contribution is 2.17. The van der Waals surface area contributed by atoms with Gasteiger partial charge in [-0.1, -0.05) is 11.3 Å². The van der Waals surface area contributed by atoms with Crippen molar-refractivity contribution in [1.29, 1.82) is 0 Å². The SMILES string of the molecule is COCCOCCCNC(=O)c1cn2cc(C)nc2s1. The van der Waals surface area contributed by atoms with E-state index in [1.54, 1.807) is 7.11 Å². The number of hydrogen-bond donors (Lipinski definition) is 1. The topological polar surface area (TPSA) is 64.9 Å². The van der Waals surface area contributed by atoms with Gasteiger partial charge in [0.2, 0.25) is 0 Å². The monoisotopic (exact) mass is 297 g/mol. The van der Waals surface area contributed by atoms with Crippen molar-refractivity contribution in [3.63, 3.8) is 0 Å². The fraction of sp³-hybridized carbons (Fsp3) is 0.538. The third kappa shape index (κ3) is 4.03. The molecule has 0 aliphatic rings. The Balaban J connectivity index is 1.70. The number of imidazole rings is 1. The maximum absolute atomic E-state index is 11.9. The molecule has 0 radical (unpaired) electrons. The average molecular weight is 297 g/mol. The molecule has 0 saturated heterocycles. The Morgan fingerprint density at radius 3 is 3.00 bits per heavy atom. The van der Waals surface area contributed by atoms with E-state index in [-0.39, 0.29) is 5.91 Å². The highest BCUT2D eigenvalue weighted by Gasteiger charge is 2.11. The van der Waals surface area contributed by atoms with Gasteiger partial charge in [-0.2, -0.15) is 0 Å². The minimum atomic E-state index is -0.0601. The molecular weight excluding hydrogens is 278 g/mol. The summed E-state index contributed by atoms with van der Waals surface area (Å²) >= 11 is 1.39. The van der Waals surface area contributed by atoms with Gasteiger partial charge >= 0.3 is 0 Å². The molecule has 0 unspecified atom stereocenters. The van der Waals surface area contributed by atoms with E-state index >= 15 is 0 Å². The Labute approximate surface area is 121 Å². The summed E-state index contributed by atoms with van der Waals surface area (Å²) in [6.07, 6.45) is 4.51. The van der Waals surface area contributed by atoms with Gasteiger partial charge in [0, 0.05) is 32.7 Å². The lowest BCUT2D eigenvalue weighted by Crippen LogP contribution is -2.24. The molecular formula is C13H19N3O3S. The zero-order valence-corrected chi connectivity index (χ0v) is 12.5. The number of nitrogens with one attached hydrogen (secondary N) is 1. The summed E-state index contributed by atoms with van der Waals surface area (Å²) < 4.78 is 12.1. The van der Waals surface area contributed by atoms with Gasteiger partial charge in [-0.25, -0.2) is 4.98 Å². The van der Waals surface area contributed by atoms with E-state index in [0.29, 0.717) is 31.2 Å². The van der Waals surface area contributed by atoms with Gasteiger partial charge in [-0.05, 0) is 13.3 Å². The Morgan fingerprint density at radius 2 is 2.25 bits per heavy atom. The Kier molecular flexibility index (Phi) is 5.51. The lowest BCUT2D eigenvalue weighted by molar-refractivity contribution is 0.0688. The molecule has 2 rings (SSSR count). The lowest BCUT2D eigenvalue weighted by atomic mass is 10.4. The fourth-order valence-electron chi connectivity index (χ4n) is 1.73. The number of thiazole rings is 1. The number of methoxy groups -OCH3 is 1. The third-order valence-corrected chi connectivity index (χ3v) is 3.68. The number of carbonyl (C=O) groups is 1. The van der Waals surface area contributed by atoms with E-state index < -0.39 is 0 Å². The Hall–Kier alpha value is -1.44. The van der Waals surface area contributed by atoms with E-state index in [1.165, 1.54) is 11.3 Å². The van der Waals surface area contributed by atoms with Gasteiger partial charge in [0.15, 0.2) is 4.96 Å². The van der Waals surface area contributed by atoms with E-state index in [0.717, 1.165) is 17.1 Å². The van der Waals surface area contributed by atoms with Gasteiger partial charge in [0.1, 0.15) is 4.88 Å². The van der Waals surface area contributed by atoms with E-state index in [2.05, 4.69) is 10.3 Å². The molecule has 0 atom stereocenters. The second kappa shape index (κ2) is 7.37. The summed E-state index contributed by atoms with van der Waals surface area (Å²) in [5.74, 6) is -0.0601. The fourth-order valence-corrected chi connectivity index (χ4v) is 2.65. The van der Waals surface area contributed by atoms with Crippen molar-refractivity contribution in [2.75, 3.05) is 33.5 Å². The van der Waals surface area contributed by atoms with Crippen LogP contribution < -0.4 is 5.32 Å². The normalized spacial score (nSPS) is 11.1. The van der Waals surface area contributed by atoms with Crippen molar-refractivity contribution in [1.82, 2.24) is 14.7 Å². The molecule has 0 bridgehead atoms. The molecule has 1 N–H and O–H groups in total. The van der Waals surface area contributed by atoms with E-state index in [9.17, 15) is 4.79 Å². The molecule has 2 aromatic rings. The molecule has 2 aromatic heterocycles. The average Bonchev–Trinajstić information content (AvgIpc) is 2.94. The van der Waals surface area contributed by atoms with Crippen LogP contribution >= 0.6 is 11.3 Å². The van der Waals surface area contributed by atoms with Gasteiger partial charge in [0.25, 0.3) is 5.91 Å². The molecule has 110 valence electrons. The second-order valence-corrected chi connectivity index (χ2v) is 5.39. The van der Waals surface area contributed by atoms with Crippen molar-refractivity contribution < 1.29 is 14.3 Å². The number of amides is 1. The smallest absolute Gasteiger partial charge is 0.263 e. The van der Waals surface area contributed by atoms with Crippen LogP contribution in [-0.4, -0.2) is 48.8 Å². The first kappa shape index (κ1) is 15.0. The maximum Gasteiger partial charge on any atom is 0.263 e. The lowest BCUT2D eigenvalue weighted by Gasteiger charge is -2.04. The molecule has 20 heavy (non-hydrogen) atoms. The Bertz CT molecular complexity index is 533. The summed E-state index contributed by atoms with van der Waals surface area (Å²) in [6, 6.07) is 0. The van der Waals surface area contributed by atoms with Crippen molar-refractivity contribution in [2.45, 2.75) is 13.3 Å². The standard InChI is InChI=1S/C13H19N3O3S/c1-10-8-16-9-11(20-13(16)15-10)12(17)14-4-3-5-19-7-6-18-2/h8-9H,3-7H2,1-2H3,(H,14,17). The molecule has 0 fully saturated rings. The van der Waals surface area contributed by atoms with Crippen molar-refractivity contribution in [2.24, 2.45) is 0 Å². The summed E-state index contributed by atoms with van der Waals surface area (Å²) in [5.41, 5.74) is 0.955. The third-order valence-electron chi connectivity index (χ3n) is 2.68. The number of carbonyl (C=O) groups excluding carboxylic acids is 1. The second-order valence-electron chi connectivity index (χ2n) is 4.38. The first-order valence-electron chi connectivity index (χ1n) is 6.50. The predicted molar refractivity (Wildman–Crippen MR) is 77.5 cm³/mol. The highest BCUT2D eigenvalue weighted by molar-refractivity contribution is 7.18. The summed E-state index contributed by atoms with van der Waals surface area (Å²) in [7, 11) is 1.64. The number of fused-ring (bicyclic) bond motifs is 1. The quantitative estimate of drug-likeness (QED) is 0.750. The summed E-state index contributed by atoms with van der Waals surface area (Å²) in [5, 5.41) is 2.87. The Morgan fingerprint density at radius 1 is 1.40 bits per heavy atom. The molecule has 0 aliphatic carbocycles. The number of ether oxygens (including phenoxy) is 2. The van der Waals surface area contributed by atoms with Gasteiger partial charge in [0.05, 0.1) is 18.9 Å². The van der Waals surface area contributed by atoms with E-state index in [1.807, 2.05) is 23.7 Å². The van der Waals surface area contributed by atoms with E-state index in [4.69, 9.17) is 9.47 Å². The van der Waals surface area contributed by atoms with Crippen molar-refractivity contribution in [3.8, 4) is 0 Å². The summed E-state index contributed by atoms with van der Waals surface area (Å²) in [6.45, 7) is 4.34.